The van der Waals surface area contributed by atoms with Crippen LogP contribution in [-0.4, -0.2) is 27.1 Å². The molecular formula is C29H34O6. The van der Waals surface area contributed by atoms with Crippen molar-refractivity contribution in [1.82, 2.24) is 0 Å². The van der Waals surface area contributed by atoms with Crippen LogP contribution >= 0.6 is 0 Å². The van der Waals surface area contributed by atoms with Gasteiger partial charge in [0.15, 0.2) is 0 Å². The minimum Gasteiger partial charge on any atom is -0.508 e. The van der Waals surface area contributed by atoms with Gasteiger partial charge in [0.25, 0.3) is 0 Å². The monoisotopic (exact) mass is 478 g/mol. The van der Waals surface area contributed by atoms with Gasteiger partial charge in [-0.2, -0.15) is 0 Å². The van der Waals surface area contributed by atoms with E-state index in [4.69, 9.17) is 9.47 Å². The molecule has 0 aliphatic carbocycles. The second kappa shape index (κ2) is 9.17. The molecule has 0 saturated heterocycles. The fraction of sp³-hybridized carbons (Fsp3) is 0.345. The first kappa shape index (κ1) is 25.9. The Kier molecular flexibility index (Phi) is 6.80. The average molecular weight is 479 g/mol. The Balaban J connectivity index is 1.95. The van der Waals surface area contributed by atoms with Gasteiger partial charge in [-0.3, -0.25) is 0 Å². The van der Waals surface area contributed by atoms with Crippen LogP contribution in [0.2, 0.25) is 0 Å². The molecule has 0 saturated carbocycles. The Labute approximate surface area is 206 Å². The fourth-order valence-electron chi connectivity index (χ4n) is 4.07. The Morgan fingerprint density at radius 3 is 1.51 bits per heavy atom. The Bertz CT molecular complexity index is 1200. The smallest absolute Gasteiger partial charge is 0.508 e. The quantitative estimate of drug-likeness (QED) is 0.277. The largest absolute Gasteiger partial charge is 0.514 e. The molecule has 35 heavy (non-hydrogen) atoms. The van der Waals surface area contributed by atoms with Crippen LogP contribution in [0.1, 0.15) is 70.7 Å². The van der Waals surface area contributed by atoms with Gasteiger partial charge in [-0.1, -0.05) is 52.0 Å². The third kappa shape index (κ3) is 5.70. The first-order chi connectivity index (χ1) is 16.1. The molecule has 0 spiro atoms. The number of hydrogen-bond donors (Lipinski definition) is 3. The molecule has 186 valence electrons. The lowest BCUT2D eigenvalue weighted by Gasteiger charge is -2.32. The molecule has 6 heteroatoms. The predicted molar refractivity (Wildman–Crippen MR) is 135 cm³/mol. The highest BCUT2D eigenvalue weighted by Gasteiger charge is 2.32. The predicted octanol–water partition coefficient (Wildman–Crippen LogP) is 6.77. The van der Waals surface area contributed by atoms with Gasteiger partial charge in [-0.25, -0.2) is 4.79 Å². The second-order valence-corrected chi connectivity index (χ2v) is 10.8. The molecule has 3 N–H and O–H groups in total. The van der Waals surface area contributed by atoms with E-state index < -0.39 is 22.6 Å². The minimum atomic E-state index is -0.776. The maximum absolute atomic E-state index is 12.0. The van der Waals surface area contributed by atoms with Crippen molar-refractivity contribution in [2.45, 2.75) is 64.9 Å². The summed E-state index contributed by atoms with van der Waals surface area (Å²) in [5.74, 6) is 0.483. The number of phenols is 3. The van der Waals surface area contributed by atoms with Crippen LogP contribution in [0.5, 0.6) is 23.0 Å². The van der Waals surface area contributed by atoms with Gasteiger partial charge in [0.1, 0.15) is 28.6 Å². The van der Waals surface area contributed by atoms with E-state index in [9.17, 15) is 20.1 Å². The maximum atomic E-state index is 12.0. The molecule has 0 unspecified atom stereocenters. The lowest BCUT2D eigenvalue weighted by molar-refractivity contribution is 0.0206. The second-order valence-electron chi connectivity index (χ2n) is 10.8. The van der Waals surface area contributed by atoms with Gasteiger partial charge in [0.05, 0.1) is 0 Å². The molecule has 0 heterocycles. The third-order valence-electron chi connectivity index (χ3n) is 6.22. The van der Waals surface area contributed by atoms with Crippen molar-refractivity contribution in [2.75, 3.05) is 0 Å². The number of ether oxygens (including phenoxy) is 2. The summed E-state index contributed by atoms with van der Waals surface area (Å²) in [6, 6.07) is 17.1. The van der Waals surface area contributed by atoms with Gasteiger partial charge in [-0.15, -0.1) is 0 Å². The summed E-state index contributed by atoms with van der Waals surface area (Å²) in [5, 5.41) is 31.2. The van der Waals surface area contributed by atoms with Crippen LogP contribution in [0.25, 0.3) is 0 Å². The molecule has 0 fully saturated rings. The SMILES string of the molecule is CC(C)(C)OC(=O)Oc1ccc(C(C)(C)c2cc(C(C)(C)c3ccc(O)cc3)c(O)cc2O)cc1. The van der Waals surface area contributed by atoms with Crippen LogP contribution in [0.4, 0.5) is 4.79 Å². The highest BCUT2D eigenvalue weighted by atomic mass is 16.7. The summed E-state index contributed by atoms with van der Waals surface area (Å²) < 4.78 is 10.5. The molecule has 3 rings (SSSR count). The Hall–Kier alpha value is -3.67. The number of aromatic hydroxyl groups is 3. The number of carbonyl (C=O) groups is 1. The van der Waals surface area contributed by atoms with Crippen molar-refractivity contribution >= 4 is 6.16 Å². The summed E-state index contributed by atoms with van der Waals surface area (Å²) in [7, 11) is 0. The molecule has 0 radical (unpaired) electrons. The van der Waals surface area contributed by atoms with Crippen LogP contribution in [0.3, 0.4) is 0 Å². The number of carbonyl (C=O) groups excluding carboxylic acids is 1. The Morgan fingerprint density at radius 2 is 1.09 bits per heavy atom. The first-order valence-electron chi connectivity index (χ1n) is 11.5. The standard InChI is InChI=1S/C29H34O6/c1-27(2,3)35-26(33)34-21-14-10-19(11-15-21)29(6,7)23-16-22(24(31)17-25(23)32)28(4,5)18-8-12-20(30)13-9-18/h8-17,30-32H,1-7H3. The summed E-state index contributed by atoms with van der Waals surface area (Å²) in [6.45, 7) is 13.2. The van der Waals surface area contributed by atoms with Gasteiger partial charge in [-0.05, 0) is 62.2 Å². The molecular weight excluding hydrogens is 444 g/mol. The summed E-state index contributed by atoms with van der Waals surface area (Å²) >= 11 is 0. The van der Waals surface area contributed by atoms with E-state index in [1.165, 1.54) is 6.07 Å². The van der Waals surface area contributed by atoms with Crippen molar-refractivity contribution in [2.24, 2.45) is 0 Å². The number of phenolic OH excluding ortho intramolecular Hbond substituents is 3. The lowest BCUT2D eigenvalue weighted by atomic mass is 9.72. The van der Waals surface area contributed by atoms with Crippen LogP contribution in [-0.2, 0) is 15.6 Å². The van der Waals surface area contributed by atoms with E-state index >= 15 is 0 Å². The molecule has 6 nitrogen and oxygen atoms in total. The van der Waals surface area contributed by atoms with Gasteiger partial charge < -0.3 is 24.8 Å². The van der Waals surface area contributed by atoms with Gasteiger partial charge in [0.2, 0.25) is 0 Å². The van der Waals surface area contributed by atoms with Crippen LogP contribution in [0.15, 0.2) is 60.7 Å². The summed E-state index contributed by atoms with van der Waals surface area (Å²) in [4.78, 5) is 12.0. The van der Waals surface area contributed by atoms with E-state index in [-0.39, 0.29) is 17.2 Å². The molecule has 3 aromatic rings. The zero-order valence-electron chi connectivity index (χ0n) is 21.3. The van der Waals surface area contributed by atoms with Crippen LogP contribution < -0.4 is 4.74 Å². The number of hydrogen-bond acceptors (Lipinski definition) is 6. The summed E-state index contributed by atoms with van der Waals surface area (Å²) in [6.07, 6.45) is -0.776. The van der Waals surface area contributed by atoms with E-state index in [0.29, 0.717) is 16.9 Å². The van der Waals surface area contributed by atoms with Gasteiger partial charge >= 0.3 is 6.16 Å². The summed E-state index contributed by atoms with van der Waals surface area (Å²) in [5.41, 5.74) is 1.18. The van der Waals surface area contributed by atoms with E-state index in [1.54, 1.807) is 45.0 Å². The van der Waals surface area contributed by atoms with Gasteiger partial charge in [0, 0.05) is 28.0 Å². The highest BCUT2D eigenvalue weighted by Crippen LogP contribution is 2.45. The maximum Gasteiger partial charge on any atom is 0.514 e. The number of rotatable bonds is 5. The van der Waals surface area contributed by atoms with E-state index in [0.717, 1.165) is 11.1 Å². The normalized spacial score (nSPS) is 12.3. The van der Waals surface area contributed by atoms with Crippen molar-refractivity contribution < 1.29 is 29.6 Å². The molecule has 3 aromatic carbocycles. The molecule has 0 bridgehead atoms. The highest BCUT2D eigenvalue weighted by molar-refractivity contribution is 5.64. The van der Waals surface area contributed by atoms with E-state index in [1.807, 2.05) is 58.0 Å². The topological polar surface area (TPSA) is 96.2 Å². The molecule has 0 atom stereocenters. The minimum absolute atomic E-state index is 0.0127. The average Bonchev–Trinajstić information content (AvgIpc) is 2.72. The molecule has 0 aliphatic heterocycles. The molecule has 0 aromatic heterocycles. The van der Waals surface area contributed by atoms with E-state index in [2.05, 4.69) is 0 Å². The van der Waals surface area contributed by atoms with Crippen molar-refractivity contribution in [3.8, 4) is 23.0 Å². The van der Waals surface area contributed by atoms with Crippen molar-refractivity contribution in [1.29, 1.82) is 0 Å². The zero-order chi connectivity index (χ0) is 26.2. The first-order valence-corrected chi connectivity index (χ1v) is 11.5. The van der Waals surface area contributed by atoms with Crippen molar-refractivity contribution in [3.63, 3.8) is 0 Å². The molecule has 0 aliphatic rings. The number of benzene rings is 3. The zero-order valence-corrected chi connectivity index (χ0v) is 21.3. The van der Waals surface area contributed by atoms with Crippen molar-refractivity contribution in [3.05, 3.63) is 82.9 Å². The Morgan fingerprint density at radius 1 is 0.657 bits per heavy atom. The third-order valence-corrected chi connectivity index (χ3v) is 6.22. The van der Waals surface area contributed by atoms with Crippen LogP contribution in [0, 0.1) is 0 Å². The lowest BCUT2D eigenvalue weighted by Crippen LogP contribution is -2.26. The fourth-order valence-corrected chi connectivity index (χ4v) is 4.07. The molecule has 0 amide bonds.